The predicted octanol–water partition coefficient (Wildman–Crippen LogP) is 7.78. The summed E-state index contributed by atoms with van der Waals surface area (Å²) < 4.78 is 18.0. The smallest absolute Gasteiger partial charge is 0.336 e. The fraction of sp³-hybridized carbons (Fsp3) is 0.192. The summed E-state index contributed by atoms with van der Waals surface area (Å²) in [6.45, 7) is 0.661. The number of aromatic hydroxyl groups is 1. The van der Waals surface area contributed by atoms with E-state index in [1.165, 1.54) is 126 Å². The number of nitrogens with one attached hydrogen (secondary N) is 9. The van der Waals surface area contributed by atoms with Gasteiger partial charge in [0.1, 0.15) is 45.6 Å². The number of aromatic carboxylic acids is 1. The highest BCUT2D eigenvalue weighted by atomic mass is 32.1. The largest absolute Gasteiger partial charge is 0.508 e. The van der Waals surface area contributed by atoms with Gasteiger partial charge in [-0.25, -0.2) is 19.7 Å². The molecule has 12 N–H and O–H groups in total. The molecule has 564 valence electrons. The number of rotatable bonds is 26. The summed E-state index contributed by atoms with van der Waals surface area (Å²) in [5.74, 6) is -5.67. The number of imidazole rings is 3. The Kier molecular flexibility index (Phi) is 21.6. The van der Waals surface area contributed by atoms with Gasteiger partial charge < -0.3 is 104 Å². The van der Waals surface area contributed by atoms with E-state index in [0.717, 1.165) is 0 Å². The van der Waals surface area contributed by atoms with E-state index in [4.69, 9.17) is 4.42 Å². The van der Waals surface area contributed by atoms with Crippen LogP contribution in [-0.4, -0.2) is 151 Å². The third kappa shape index (κ3) is 16.7. The van der Waals surface area contributed by atoms with E-state index in [1.54, 1.807) is 108 Å². The minimum absolute atomic E-state index is 0.0280. The summed E-state index contributed by atoms with van der Waals surface area (Å²) >= 11 is 4.49. The molecule has 36 nitrogen and oxygen atoms in total. The highest BCUT2D eigenvalue weighted by molar-refractivity contribution is 7.97. The van der Waals surface area contributed by atoms with Gasteiger partial charge in [0.15, 0.2) is 34.0 Å². The Bertz CT molecular complexity index is 5790. The average molecular weight is 1510 g/mol. The zero-order valence-electron chi connectivity index (χ0n) is 60.1. The first-order valence-corrected chi connectivity index (χ1v) is 34.1. The monoisotopic (exact) mass is 1510 g/mol. The minimum Gasteiger partial charge on any atom is -0.508 e. The van der Waals surface area contributed by atoms with E-state index in [1.807, 2.05) is 0 Å². The third-order valence-corrected chi connectivity index (χ3v) is 17.6. The van der Waals surface area contributed by atoms with Crippen molar-refractivity contribution in [2.24, 2.45) is 59.3 Å². The molecular weight excluding hydrogens is 1440 g/mol. The molecule has 9 heterocycles. The molecule has 0 saturated heterocycles. The van der Waals surface area contributed by atoms with Crippen LogP contribution in [0, 0.1) is 0 Å². The number of nitrogens with zero attached hydrogens (tertiary/aromatic N) is 13. The van der Waals surface area contributed by atoms with E-state index in [-0.39, 0.29) is 134 Å². The molecule has 0 radical (unpaired) electrons. The maximum atomic E-state index is 13.6. The molecule has 12 rings (SSSR count). The molecule has 10 aromatic rings. The van der Waals surface area contributed by atoms with Crippen LogP contribution >= 0.6 is 12.6 Å². The van der Waals surface area contributed by atoms with Gasteiger partial charge >= 0.3 is 5.97 Å². The van der Waals surface area contributed by atoms with Crippen LogP contribution in [0.3, 0.4) is 0 Å². The lowest BCUT2D eigenvalue weighted by Gasteiger charge is -2.17. The van der Waals surface area contributed by atoms with Crippen LogP contribution in [0.1, 0.15) is 114 Å². The first-order valence-electron chi connectivity index (χ1n) is 33.7. The first kappa shape index (κ1) is 75.2. The Hall–Kier alpha value is -14.5. The Labute approximate surface area is 628 Å². The van der Waals surface area contributed by atoms with Crippen LogP contribution in [0.25, 0.3) is 33.4 Å². The number of amides is 8. The number of aliphatic hydroxyl groups excluding tert-OH is 1. The number of aryl methyl sites for hydroxylation is 8. The number of aromatic nitrogens is 11. The number of thiol groups is 1. The van der Waals surface area contributed by atoms with E-state index in [0.29, 0.717) is 63.5 Å². The number of fused-ring (bicyclic) bond motifs is 2. The van der Waals surface area contributed by atoms with Crippen molar-refractivity contribution in [1.29, 1.82) is 0 Å². The van der Waals surface area contributed by atoms with Crippen LogP contribution in [0.5, 0.6) is 5.75 Å². The zero-order valence-corrected chi connectivity index (χ0v) is 61.0. The van der Waals surface area contributed by atoms with Crippen molar-refractivity contribution >= 4 is 134 Å². The molecule has 1 aliphatic carbocycles. The molecule has 1 aliphatic heterocycles. The highest BCUT2D eigenvalue weighted by Crippen LogP contribution is 2.43. The number of phenolic OH excluding ortho intramolecular Hbond substituents is 1. The molecular formula is C73H72N22O14S. The Morgan fingerprint density at radius 1 is 0.518 bits per heavy atom. The average Bonchev–Trinajstić information content (AvgIpc) is 0.944. The number of carbonyl (C=O) groups is 9. The minimum atomic E-state index is -1.22. The van der Waals surface area contributed by atoms with E-state index in [9.17, 15) is 63.3 Å². The summed E-state index contributed by atoms with van der Waals surface area (Å²) in [6, 6.07) is 20.8. The molecule has 2 aromatic carbocycles. The SMILES string of the molecule is CNC(=O)c1cc(NC(=O)c2cc(NC(=O)c3cc(NC(=O)c4nc(N=C(O)CCCNC(=O)c5cc(NC(=O)c6cc(NC(=O)c7nc(NC(=O)c8nccn8CCCN=C(S)Nc8ccc(-c9c%10ccc(=O)cc-%10oc%10cc(O)ccc9%10)c(C(=O)O)c8)cn7C)cn6C)cn5C)cn4C)cn3C)cn2C)cn1C. The summed E-state index contributed by atoms with van der Waals surface area (Å²) in [7, 11) is 12.8. The van der Waals surface area contributed by atoms with E-state index in [2.05, 4.69) is 85.4 Å². The number of carbonyl (C=O) groups excluding carboxylic acids is 8. The third-order valence-electron chi connectivity index (χ3n) is 17.4. The van der Waals surface area contributed by atoms with Gasteiger partial charge in [-0.2, -0.15) is 4.99 Å². The van der Waals surface area contributed by atoms with E-state index >= 15 is 0 Å². The molecule has 110 heavy (non-hydrogen) atoms. The maximum absolute atomic E-state index is 13.6. The highest BCUT2D eigenvalue weighted by Gasteiger charge is 2.27. The van der Waals surface area contributed by atoms with Gasteiger partial charge in [-0.3, -0.25) is 48.1 Å². The maximum Gasteiger partial charge on any atom is 0.336 e. The van der Waals surface area contributed by atoms with Crippen molar-refractivity contribution in [3.63, 3.8) is 0 Å². The van der Waals surface area contributed by atoms with Gasteiger partial charge in [0.2, 0.25) is 11.6 Å². The van der Waals surface area contributed by atoms with Crippen molar-refractivity contribution < 1.29 is 62.9 Å². The van der Waals surface area contributed by atoms with E-state index < -0.39 is 47.3 Å². The molecule has 0 atom stereocenters. The standard InChI is InChI=1S/C73H72N22O14S/c1-74-64(99)50-24-39(31-88(50)2)78-66(101)52-26-41(33-90(52)4)80-68(103)54-27-42(34-92(54)6)81-70(105)62-85-57(36-93(62)7)84-59(98)11-9-18-76-65(100)51-25-40(32-89(51)3)79-67(102)53-28-43(35-91(53)5)82-71(106)63-86-58(37-94(63)8)87-69(104)61-75-20-22-95(61)21-10-19-77-73(110)83-38-12-15-46(49(23-38)72(107)108)60-47-16-13-44(96)29-55(47)109-56-30-45(97)14-17-48(56)60/h12-17,20,22-37,96H,9-11,18-19,21H2,1-8H3,(H,74,99)(H,76,100)(H,78,101)(H,79,102)(H,80,103)(H,81,105)(H,82,106)(H,84,98)(H,87,104)(H,107,108)(H2,77,83,110). The second kappa shape index (κ2) is 31.7. The number of hydrogen-bond acceptors (Lipinski definition) is 17. The lowest BCUT2D eigenvalue weighted by molar-refractivity contribution is 0.0695. The second-order valence-corrected chi connectivity index (χ2v) is 25.8. The van der Waals surface area contributed by atoms with Gasteiger partial charge in [0.05, 0.1) is 40.2 Å². The molecule has 8 aromatic heterocycles. The number of carboxylic acids is 1. The van der Waals surface area contributed by atoms with Gasteiger partial charge in [-0.05, 0) is 85.1 Å². The molecule has 37 heteroatoms. The quantitative estimate of drug-likeness (QED) is 0.00808. The Balaban J connectivity index is 0.570. The molecule has 2 aliphatic rings. The van der Waals surface area contributed by atoms with Gasteiger partial charge in [0, 0.05) is 166 Å². The zero-order chi connectivity index (χ0) is 78.5. The fourth-order valence-electron chi connectivity index (χ4n) is 12.2. The molecule has 0 spiro atoms. The summed E-state index contributed by atoms with van der Waals surface area (Å²) in [5.41, 5.74) is 4.22. The normalized spacial score (nSPS) is 11.6. The molecule has 0 unspecified atom stereocenters. The van der Waals surface area contributed by atoms with Crippen molar-refractivity contribution in [3.8, 4) is 28.2 Å². The lowest BCUT2D eigenvalue weighted by atomic mass is 9.90. The molecule has 8 amide bonds. The number of benzene rings is 3. The molecule has 0 fully saturated rings. The summed E-state index contributed by atoms with van der Waals surface area (Å²) in [6.07, 6.45) is 14.4. The predicted molar refractivity (Wildman–Crippen MR) is 411 cm³/mol. The van der Waals surface area contributed by atoms with Crippen LogP contribution in [0.15, 0.2) is 160 Å². The molecule has 0 bridgehead atoms. The van der Waals surface area contributed by atoms with Crippen LogP contribution in [-0.2, 0) is 55.9 Å². The van der Waals surface area contributed by atoms with Crippen molar-refractivity contribution in [2.75, 3.05) is 57.4 Å². The first-order chi connectivity index (χ1) is 52.5. The molecule has 0 saturated carbocycles. The number of aliphatic imine (C=N–C) groups is 2. The lowest BCUT2D eigenvalue weighted by Crippen LogP contribution is -2.26. The number of carboxylic acid groups (broad SMARTS) is 1. The topological polar surface area (TPSA) is 456 Å². The van der Waals surface area contributed by atoms with Crippen molar-refractivity contribution in [3.05, 3.63) is 202 Å². The van der Waals surface area contributed by atoms with Crippen LogP contribution in [0.2, 0.25) is 0 Å². The van der Waals surface area contributed by atoms with Gasteiger partial charge in [0.25, 0.3) is 47.3 Å². The second-order valence-electron chi connectivity index (χ2n) is 25.4. The number of phenols is 1. The van der Waals surface area contributed by atoms with Gasteiger partial charge in [-0.1, -0.05) is 6.07 Å². The Morgan fingerprint density at radius 2 is 1.04 bits per heavy atom. The van der Waals surface area contributed by atoms with Gasteiger partial charge in [-0.15, -0.1) is 12.6 Å². The number of amidine groups is 1. The summed E-state index contributed by atoms with van der Waals surface area (Å²) in [5, 5.41) is 56.8. The van der Waals surface area contributed by atoms with Crippen molar-refractivity contribution in [2.45, 2.75) is 25.8 Å². The number of hydrogen-bond donors (Lipinski definition) is 13. The van der Waals surface area contributed by atoms with Crippen molar-refractivity contribution in [1.82, 2.24) is 62.1 Å². The van der Waals surface area contributed by atoms with Crippen LogP contribution < -0.4 is 53.3 Å². The number of anilines is 7. The fourth-order valence-corrected chi connectivity index (χ4v) is 12.4. The number of aliphatic hydroxyl groups is 1. The summed E-state index contributed by atoms with van der Waals surface area (Å²) in [4.78, 5) is 153. The van der Waals surface area contributed by atoms with Crippen LogP contribution in [0.4, 0.5) is 45.8 Å². The Morgan fingerprint density at radius 3 is 1.60 bits per heavy atom.